The Labute approximate surface area is 203 Å². The average Bonchev–Trinajstić information content (AvgIpc) is 2.99. The van der Waals surface area contributed by atoms with Crippen molar-refractivity contribution in [1.29, 1.82) is 0 Å². The van der Waals surface area contributed by atoms with E-state index in [1.165, 1.54) is 19.1 Å². The van der Waals surface area contributed by atoms with Crippen molar-refractivity contribution in [3.05, 3.63) is 111 Å². The van der Waals surface area contributed by atoms with E-state index in [2.05, 4.69) is 17.4 Å². The number of nitrogens with one attached hydrogen (secondary N) is 1. The Balaban J connectivity index is 1.71. The van der Waals surface area contributed by atoms with E-state index in [0.717, 1.165) is 22.5 Å². The number of benzene rings is 3. The first-order valence-electron chi connectivity index (χ1n) is 11.6. The van der Waals surface area contributed by atoms with Gasteiger partial charge in [0.05, 0.1) is 22.3 Å². The van der Waals surface area contributed by atoms with Crippen LogP contribution in [-0.2, 0) is 9.59 Å². The van der Waals surface area contributed by atoms with Gasteiger partial charge in [-0.2, -0.15) is 0 Å². The first kappa shape index (κ1) is 22.5. The molecule has 0 bridgehead atoms. The lowest BCUT2D eigenvalue weighted by molar-refractivity contribution is -0.384. The van der Waals surface area contributed by atoms with Crippen molar-refractivity contribution in [2.45, 2.75) is 38.6 Å². The predicted molar refractivity (Wildman–Crippen MR) is 134 cm³/mol. The number of amides is 1. The highest BCUT2D eigenvalue weighted by molar-refractivity contribution is 6.06. The number of fused-ring (bicyclic) bond motifs is 1. The van der Waals surface area contributed by atoms with E-state index >= 15 is 0 Å². The second-order valence-corrected chi connectivity index (χ2v) is 9.12. The van der Waals surface area contributed by atoms with Crippen LogP contribution >= 0.6 is 0 Å². The van der Waals surface area contributed by atoms with Gasteiger partial charge >= 0.3 is 0 Å². The second kappa shape index (κ2) is 8.83. The minimum atomic E-state index is -0.773. The minimum Gasteiger partial charge on any atom is -0.357 e. The molecule has 3 aromatic rings. The van der Waals surface area contributed by atoms with Gasteiger partial charge in [0.2, 0.25) is 5.91 Å². The number of hydrogen-bond donors (Lipinski definition) is 1. The van der Waals surface area contributed by atoms with Crippen molar-refractivity contribution in [3.8, 4) is 0 Å². The molecular formula is C28H25N3O4. The van der Waals surface area contributed by atoms with Crippen LogP contribution in [0.15, 0.2) is 84.1 Å². The third kappa shape index (κ3) is 4.10. The van der Waals surface area contributed by atoms with E-state index in [4.69, 9.17) is 0 Å². The van der Waals surface area contributed by atoms with Crippen molar-refractivity contribution in [1.82, 2.24) is 0 Å². The zero-order valence-electron chi connectivity index (χ0n) is 19.5. The molecule has 2 aliphatic rings. The van der Waals surface area contributed by atoms with Crippen LogP contribution < -0.4 is 10.2 Å². The Morgan fingerprint density at radius 3 is 2.46 bits per heavy atom. The number of Topliss-reactive ketones (excluding diaryl/α,β-unsaturated/α-hetero) is 1. The molecule has 0 fully saturated rings. The largest absolute Gasteiger partial charge is 0.357 e. The summed E-state index contributed by atoms with van der Waals surface area (Å²) in [5.74, 6) is -0.325. The molecule has 0 aromatic heterocycles. The van der Waals surface area contributed by atoms with Gasteiger partial charge in [-0.15, -0.1) is 0 Å². The Hall–Kier alpha value is -4.26. The lowest BCUT2D eigenvalue weighted by Gasteiger charge is -2.34. The van der Waals surface area contributed by atoms with Crippen LogP contribution in [0.4, 0.5) is 17.1 Å². The number of nitro groups is 1. The minimum absolute atomic E-state index is 0.00357. The Kier molecular flexibility index (Phi) is 5.68. The summed E-state index contributed by atoms with van der Waals surface area (Å²) < 4.78 is 0. The number of hydrogen-bond acceptors (Lipinski definition) is 5. The maximum absolute atomic E-state index is 13.8. The van der Waals surface area contributed by atoms with E-state index in [1.54, 1.807) is 17.0 Å². The standard InChI is InChI=1S/C28H25N3O4/c1-17-10-12-19(13-11-17)21-15-24-27(26(33)16-21)28(20-6-5-7-22(14-20)31(34)35)30(18(2)32)25-9-4-3-8-23(25)29-24/h3-14,21,28-29H,15-16H2,1-2H3/t21-,28+/m1/s1. The summed E-state index contributed by atoms with van der Waals surface area (Å²) >= 11 is 0. The number of non-ortho nitro benzene ring substituents is 1. The average molecular weight is 468 g/mol. The van der Waals surface area contributed by atoms with Crippen LogP contribution in [-0.4, -0.2) is 16.6 Å². The summed E-state index contributed by atoms with van der Waals surface area (Å²) in [7, 11) is 0. The van der Waals surface area contributed by atoms with E-state index in [0.29, 0.717) is 29.7 Å². The summed E-state index contributed by atoms with van der Waals surface area (Å²) in [6.07, 6.45) is 0.896. The number of rotatable bonds is 3. The second-order valence-electron chi connectivity index (χ2n) is 9.12. The Morgan fingerprint density at radius 1 is 1.00 bits per heavy atom. The van der Waals surface area contributed by atoms with Gasteiger partial charge in [-0.25, -0.2) is 0 Å². The molecule has 1 aliphatic carbocycles. The summed E-state index contributed by atoms with van der Waals surface area (Å²) in [6, 6.07) is 21.1. The summed E-state index contributed by atoms with van der Waals surface area (Å²) in [5.41, 5.74) is 5.28. The third-order valence-corrected chi connectivity index (χ3v) is 6.77. The third-order valence-electron chi connectivity index (χ3n) is 6.77. The van der Waals surface area contributed by atoms with Crippen LogP contribution in [0.25, 0.3) is 0 Å². The molecule has 7 nitrogen and oxygen atoms in total. The molecule has 1 heterocycles. The van der Waals surface area contributed by atoms with Crippen LogP contribution in [0.5, 0.6) is 0 Å². The normalized spacial score (nSPS) is 19.4. The zero-order chi connectivity index (χ0) is 24.7. The number of carbonyl (C=O) groups excluding carboxylic acids is 2. The zero-order valence-corrected chi connectivity index (χ0v) is 19.5. The fraction of sp³-hybridized carbons (Fsp3) is 0.214. The first-order valence-corrected chi connectivity index (χ1v) is 11.6. The van der Waals surface area contributed by atoms with Crippen LogP contribution in [0.1, 0.15) is 48.4 Å². The lowest BCUT2D eigenvalue weighted by atomic mass is 9.78. The summed E-state index contributed by atoms with van der Waals surface area (Å²) in [4.78, 5) is 39.5. The van der Waals surface area contributed by atoms with Gasteiger partial charge in [0.1, 0.15) is 0 Å². The first-order chi connectivity index (χ1) is 16.8. The van der Waals surface area contributed by atoms with Crippen molar-refractivity contribution < 1.29 is 14.5 Å². The number of anilines is 2. The van der Waals surface area contributed by atoms with Gasteiger partial charge in [-0.3, -0.25) is 24.6 Å². The van der Waals surface area contributed by atoms with E-state index in [1.807, 2.05) is 43.3 Å². The summed E-state index contributed by atoms with van der Waals surface area (Å²) in [6.45, 7) is 3.48. The highest BCUT2D eigenvalue weighted by atomic mass is 16.6. The van der Waals surface area contributed by atoms with Crippen molar-refractivity contribution in [2.24, 2.45) is 0 Å². The molecule has 0 radical (unpaired) electrons. The highest BCUT2D eigenvalue weighted by Gasteiger charge is 2.41. The number of allylic oxidation sites excluding steroid dienone is 1. The molecule has 1 aliphatic heterocycles. The molecule has 1 N–H and O–H groups in total. The maximum Gasteiger partial charge on any atom is 0.269 e. The smallest absolute Gasteiger partial charge is 0.269 e. The fourth-order valence-electron chi connectivity index (χ4n) is 5.14. The van der Waals surface area contributed by atoms with Crippen molar-refractivity contribution >= 4 is 28.8 Å². The SMILES string of the molecule is CC(=O)N1c2ccccc2NC2=C(C(=O)C[C@H](c3ccc(C)cc3)C2)[C@@H]1c1cccc([N+](=O)[O-])c1. The molecule has 7 heteroatoms. The van der Waals surface area contributed by atoms with Crippen LogP contribution in [0.2, 0.25) is 0 Å². The topological polar surface area (TPSA) is 92.6 Å². The van der Waals surface area contributed by atoms with Crippen LogP contribution in [0, 0.1) is 17.0 Å². The Morgan fingerprint density at radius 2 is 1.74 bits per heavy atom. The van der Waals surface area contributed by atoms with Gasteiger partial charge in [0.25, 0.3) is 5.69 Å². The molecular weight excluding hydrogens is 442 g/mol. The van der Waals surface area contributed by atoms with Gasteiger partial charge in [-0.05, 0) is 42.5 Å². The van der Waals surface area contributed by atoms with Gasteiger partial charge < -0.3 is 5.32 Å². The highest BCUT2D eigenvalue weighted by Crippen LogP contribution is 2.47. The van der Waals surface area contributed by atoms with Gasteiger partial charge in [0, 0.05) is 36.7 Å². The van der Waals surface area contributed by atoms with Gasteiger partial charge in [0.15, 0.2) is 5.78 Å². The number of nitro benzene ring substituents is 1. The number of nitrogens with zero attached hydrogens (tertiary/aromatic N) is 2. The molecule has 1 amide bonds. The lowest BCUT2D eigenvalue weighted by Crippen LogP contribution is -2.37. The maximum atomic E-state index is 13.8. The molecule has 5 rings (SSSR count). The number of para-hydroxylation sites is 2. The van der Waals surface area contributed by atoms with Gasteiger partial charge in [-0.1, -0.05) is 54.1 Å². The Bertz CT molecular complexity index is 1380. The predicted octanol–water partition coefficient (Wildman–Crippen LogP) is 5.82. The number of carbonyl (C=O) groups is 2. The fourth-order valence-corrected chi connectivity index (χ4v) is 5.14. The molecule has 3 aromatic carbocycles. The molecule has 2 atom stereocenters. The molecule has 0 unspecified atom stereocenters. The van der Waals surface area contributed by atoms with E-state index in [9.17, 15) is 19.7 Å². The molecule has 0 spiro atoms. The quantitative estimate of drug-likeness (QED) is 0.387. The molecule has 0 saturated carbocycles. The van der Waals surface area contributed by atoms with Crippen molar-refractivity contribution in [3.63, 3.8) is 0 Å². The number of aryl methyl sites for hydroxylation is 1. The van der Waals surface area contributed by atoms with Crippen molar-refractivity contribution in [2.75, 3.05) is 10.2 Å². The van der Waals surface area contributed by atoms with E-state index in [-0.39, 0.29) is 23.3 Å². The number of ketones is 1. The molecule has 0 saturated heterocycles. The van der Waals surface area contributed by atoms with Crippen LogP contribution in [0.3, 0.4) is 0 Å². The molecule has 35 heavy (non-hydrogen) atoms. The monoisotopic (exact) mass is 467 g/mol. The summed E-state index contributed by atoms with van der Waals surface area (Å²) in [5, 5.41) is 15.0. The van der Waals surface area contributed by atoms with E-state index < -0.39 is 11.0 Å². The molecule has 176 valence electrons.